The predicted molar refractivity (Wildman–Crippen MR) is 140 cm³/mol. The monoisotopic (exact) mass is 465 g/mol. The van der Waals surface area contributed by atoms with Crippen LogP contribution in [0.2, 0.25) is 0 Å². The molecular weight excluding hydrogens is 430 g/mol. The third kappa shape index (κ3) is 5.40. The van der Waals surface area contributed by atoms with Crippen LogP contribution >= 0.6 is 0 Å². The number of fused-ring (bicyclic) bond motifs is 1. The summed E-state index contributed by atoms with van der Waals surface area (Å²) in [5.74, 6) is 1.96. The Balaban J connectivity index is 0.00000204. The van der Waals surface area contributed by atoms with Gasteiger partial charge < -0.3 is 24.8 Å². The zero-order valence-electron chi connectivity index (χ0n) is 18.4. The van der Waals surface area contributed by atoms with Gasteiger partial charge in [0.1, 0.15) is 5.65 Å². The van der Waals surface area contributed by atoms with Gasteiger partial charge in [-0.05, 0) is 49.4 Å². The third-order valence-corrected chi connectivity index (χ3v) is 5.31. The number of hydrogen-bond donors (Lipinski definition) is 2. The van der Waals surface area contributed by atoms with Crippen molar-refractivity contribution in [3.8, 4) is 22.8 Å². The van der Waals surface area contributed by atoms with Crippen LogP contribution in [0.3, 0.4) is 0 Å². The average molecular weight is 466 g/mol. The number of aliphatic hydroxyl groups is 1. The number of nitrogens with zero attached hydrogens (tertiary/aromatic N) is 4. The lowest BCUT2D eigenvalue weighted by atomic mass is 10.1. The lowest BCUT2D eigenvalue weighted by molar-refractivity contribution is 0.302. The van der Waals surface area contributed by atoms with Crippen molar-refractivity contribution < 1.29 is 14.6 Å². The number of aromatic nitrogens is 3. The van der Waals surface area contributed by atoms with Crippen molar-refractivity contribution in [3.05, 3.63) is 60.9 Å². The SMILES string of the molecule is C.C.CCN(CCO)c1ccc(Nc2nc(-c3ccc(OC)c(OC)c3)cc3nccn23)cc1. The zero-order valence-corrected chi connectivity index (χ0v) is 18.4. The highest BCUT2D eigenvalue weighted by Crippen LogP contribution is 2.32. The van der Waals surface area contributed by atoms with Crippen LogP contribution in [0.5, 0.6) is 11.5 Å². The molecule has 0 aliphatic carbocycles. The number of rotatable bonds is 9. The number of imidazole rings is 1. The molecule has 2 heterocycles. The highest BCUT2D eigenvalue weighted by Gasteiger charge is 2.12. The molecule has 0 unspecified atom stereocenters. The van der Waals surface area contributed by atoms with Crippen molar-refractivity contribution in [2.24, 2.45) is 0 Å². The number of ether oxygens (including phenoxy) is 2. The summed E-state index contributed by atoms with van der Waals surface area (Å²) < 4.78 is 12.7. The van der Waals surface area contributed by atoms with Gasteiger partial charge in [0.25, 0.3) is 0 Å². The Bertz CT molecular complexity index is 1190. The van der Waals surface area contributed by atoms with E-state index >= 15 is 0 Å². The Morgan fingerprint density at radius 3 is 2.38 bits per heavy atom. The Hall–Kier alpha value is -3.78. The molecule has 8 heteroatoms. The van der Waals surface area contributed by atoms with Crippen LogP contribution in [0, 0.1) is 0 Å². The third-order valence-electron chi connectivity index (χ3n) is 5.31. The molecule has 0 atom stereocenters. The first kappa shape index (κ1) is 26.5. The number of hydrogen-bond acceptors (Lipinski definition) is 7. The first-order chi connectivity index (χ1) is 15.7. The van der Waals surface area contributed by atoms with Gasteiger partial charge in [-0.1, -0.05) is 14.9 Å². The summed E-state index contributed by atoms with van der Waals surface area (Å²) in [5.41, 5.74) is 4.41. The number of methoxy groups -OCH3 is 2. The normalized spacial score (nSPS) is 10.2. The molecule has 34 heavy (non-hydrogen) atoms. The van der Waals surface area contributed by atoms with Crippen molar-refractivity contribution in [3.63, 3.8) is 0 Å². The second-order valence-electron chi connectivity index (χ2n) is 7.17. The van der Waals surface area contributed by atoms with Gasteiger partial charge in [-0.2, -0.15) is 0 Å². The first-order valence-corrected chi connectivity index (χ1v) is 10.5. The molecule has 4 rings (SSSR count). The number of nitrogens with one attached hydrogen (secondary N) is 1. The maximum absolute atomic E-state index is 9.26. The topological polar surface area (TPSA) is 84.2 Å². The van der Waals surface area contributed by atoms with Gasteiger partial charge in [0.2, 0.25) is 5.95 Å². The highest BCUT2D eigenvalue weighted by atomic mass is 16.5. The van der Waals surface area contributed by atoms with E-state index in [-0.39, 0.29) is 21.5 Å². The van der Waals surface area contributed by atoms with E-state index in [9.17, 15) is 5.11 Å². The number of anilines is 3. The van der Waals surface area contributed by atoms with Crippen LogP contribution in [0.4, 0.5) is 17.3 Å². The number of aliphatic hydroxyl groups excluding tert-OH is 1. The lowest BCUT2D eigenvalue weighted by Gasteiger charge is -2.22. The smallest absolute Gasteiger partial charge is 0.213 e. The molecule has 0 fully saturated rings. The maximum Gasteiger partial charge on any atom is 0.213 e. The van der Waals surface area contributed by atoms with Gasteiger partial charge in [-0.15, -0.1) is 0 Å². The van der Waals surface area contributed by atoms with Crippen molar-refractivity contribution >= 4 is 23.0 Å². The van der Waals surface area contributed by atoms with Crippen LogP contribution in [-0.2, 0) is 0 Å². The Morgan fingerprint density at radius 2 is 1.74 bits per heavy atom. The van der Waals surface area contributed by atoms with E-state index in [2.05, 4.69) is 22.1 Å². The van der Waals surface area contributed by atoms with Gasteiger partial charge in [-0.3, -0.25) is 4.40 Å². The minimum Gasteiger partial charge on any atom is -0.493 e. The van der Waals surface area contributed by atoms with Gasteiger partial charge in [0, 0.05) is 48.5 Å². The van der Waals surface area contributed by atoms with Crippen LogP contribution < -0.4 is 19.7 Å². The lowest BCUT2D eigenvalue weighted by Crippen LogP contribution is -2.25. The van der Waals surface area contributed by atoms with E-state index in [0.29, 0.717) is 24.0 Å². The number of likely N-dealkylation sites (N-methyl/N-ethyl adjacent to an activating group) is 1. The molecule has 2 N–H and O–H groups in total. The van der Waals surface area contributed by atoms with Crippen LogP contribution in [0.25, 0.3) is 16.9 Å². The van der Waals surface area contributed by atoms with Gasteiger partial charge >= 0.3 is 0 Å². The van der Waals surface area contributed by atoms with Gasteiger partial charge in [0.05, 0.1) is 26.5 Å². The van der Waals surface area contributed by atoms with E-state index in [0.717, 1.165) is 34.8 Å². The quantitative estimate of drug-likeness (QED) is 0.349. The molecular formula is C26H35N5O3. The molecule has 0 spiro atoms. The summed E-state index contributed by atoms with van der Waals surface area (Å²) >= 11 is 0. The zero-order chi connectivity index (χ0) is 22.5. The highest BCUT2D eigenvalue weighted by molar-refractivity contribution is 5.70. The van der Waals surface area contributed by atoms with E-state index in [1.165, 1.54) is 0 Å². The molecule has 8 nitrogen and oxygen atoms in total. The molecule has 4 aromatic rings. The van der Waals surface area contributed by atoms with Gasteiger partial charge in [-0.25, -0.2) is 9.97 Å². The van der Waals surface area contributed by atoms with Crippen molar-refractivity contribution in [1.82, 2.24) is 14.4 Å². The summed E-state index contributed by atoms with van der Waals surface area (Å²) in [6, 6.07) is 15.7. The number of benzene rings is 2. The fourth-order valence-electron chi connectivity index (χ4n) is 3.63. The Kier molecular flexibility index (Phi) is 9.27. The maximum atomic E-state index is 9.26. The second-order valence-corrected chi connectivity index (χ2v) is 7.17. The standard InChI is InChI=1S/C24H27N5O3.2CH4/c1-4-28(13-14-30)19-8-6-18(7-9-19)26-24-27-20(16-23-25-11-12-29(23)24)17-5-10-21(31-2)22(15-17)32-3;;/h5-12,15-16,30H,4,13-14H2,1-3H3,(H,26,27);2*1H4. The van der Waals surface area contributed by atoms with E-state index in [1.54, 1.807) is 20.4 Å². The van der Waals surface area contributed by atoms with Crippen molar-refractivity contribution in [2.45, 2.75) is 21.8 Å². The summed E-state index contributed by atoms with van der Waals surface area (Å²) in [7, 11) is 3.23. The van der Waals surface area contributed by atoms with Crippen molar-refractivity contribution in [1.29, 1.82) is 0 Å². The molecule has 0 saturated carbocycles. The summed E-state index contributed by atoms with van der Waals surface area (Å²) in [4.78, 5) is 11.4. The first-order valence-electron chi connectivity index (χ1n) is 10.5. The molecule has 0 bridgehead atoms. The summed E-state index contributed by atoms with van der Waals surface area (Å²) in [6.45, 7) is 3.63. The van der Waals surface area contributed by atoms with Gasteiger partial charge in [0.15, 0.2) is 11.5 Å². The molecule has 0 amide bonds. The van der Waals surface area contributed by atoms with E-state index in [1.807, 2.05) is 59.1 Å². The molecule has 2 aromatic carbocycles. The average Bonchev–Trinajstić information content (AvgIpc) is 3.32. The Morgan fingerprint density at radius 1 is 1.00 bits per heavy atom. The summed E-state index contributed by atoms with van der Waals surface area (Å²) in [6.07, 6.45) is 3.62. The van der Waals surface area contributed by atoms with Crippen molar-refractivity contribution in [2.75, 3.05) is 44.1 Å². The molecule has 0 radical (unpaired) electrons. The van der Waals surface area contributed by atoms with E-state index < -0.39 is 0 Å². The van der Waals surface area contributed by atoms with E-state index in [4.69, 9.17) is 14.5 Å². The largest absolute Gasteiger partial charge is 0.493 e. The molecule has 0 saturated heterocycles. The Labute approximate surface area is 201 Å². The van der Waals surface area contributed by atoms with Crippen LogP contribution in [-0.4, -0.2) is 53.4 Å². The molecule has 2 aromatic heterocycles. The molecule has 0 aliphatic rings. The minimum absolute atomic E-state index is 0. The second kappa shape index (κ2) is 11.9. The fourth-order valence-corrected chi connectivity index (χ4v) is 3.63. The predicted octanol–water partition coefficient (Wildman–Crippen LogP) is 5.25. The molecule has 0 aliphatic heterocycles. The molecule has 182 valence electrons. The fraction of sp³-hybridized carbons (Fsp3) is 0.308. The summed E-state index contributed by atoms with van der Waals surface area (Å²) in [5, 5.41) is 12.7. The minimum atomic E-state index is 0. The van der Waals surface area contributed by atoms with Crippen LogP contribution in [0.1, 0.15) is 21.8 Å². The van der Waals surface area contributed by atoms with Crippen LogP contribution in [0.15, 0.2) is 60.9 Å².